The lowest BCUT2D eigenvalue weighted by atomic mass is 10.1. The first-order valence-corrected chi connectivity index (χ1v) is 8.09. The van der Waals surface area contributed by atoms with Crippen molar-refractivity contribution >= 4 is 28.7 Å². The Kier molecular flexibility index (Phi) is 4.88. The van der Waals surface area contributed by atoms with E-state index in [0.717, 1.165) is 23.0 Å². The van der Waals surface area contributed by atoms with Crippen molar-refractivity contribution < 1.29 is 9.08 Å². The number of para-hydroxylation sites is 1. The number of rotatable bonds is 5. The van der Waals surface area contributed by atoms with Crippen molar-refractivity contribution in [3.8, 4) is 0 Å². The van der Waals surface area contributed by atoms with Crippen LogP contribution in [0.1, 0.15) is 16.7 Å². The van der Waals surface area contributed by atoms with Crippen molar-refractivity contribution in [3.05, 3.63) is 71.4 Å². The average Bonchev–Trinajstić information content (AvgIpc) is 2.92. The maximum atomic E-state index is 11.5. The van der Waals surface area contributed by atoms with Gasteiger partial charge in [0, 0.05) is 30.1 Å². The van der Waals surface area contributed by atoms with Gasteiger partial charge >= 0.3 is 5.97 Å². The Hall–Kier alpha value is -2.30. The summed E-state index contributed by atoms with van der Waals surface area (Å²) in [4.78, 5) is 11.5. The smallest absolute Gasteiger partial charge is 0.341 e. The number of nitrogens with two attached hydrogens (primary N) is 1. The van der Waals surface area contributed by atoms with Crippen molar-refractivity contribution in [1.82, 2.24) is 4.57 Å². The Labute approximate surface area is 146 Å². The van der Waals surface area contributed by atoms with Gasteiger partial charge in [-0.3, -0.25) is 0 Å². The minimum Gasteiger partial charge on any atom is -0.346 e. The van der Waals surface area contributed by atoms with Crippen LogP contribution >= 0.6 is 11.9 Å². The lowest BCUT2D eigenvalue weighted by Gasteiger charge is -2.07. The fourth-order valence-corrected chi connectivity index (χ4v) is 3.12. The third-order valence-electron chi connectivity index (χ3n) is 4.13. The molecule has 0 amide bonds. The zero-order valence-corrected chi connectivity index (χ0v) is 14.2. The first kappa shape index (κ1) is 16.6. The molecule has 0 unspecified atom stereocenters. The lowest BCUT2D eigenvalue weighted by Crippen LogP contribution is -2.32. The molecule has 0 radical (unpaired) electrons. The van der Waals surface area contributed by atoms with Crippen LogP contribution < -0.4 is 5.73 Å². The summed E-state index contributed by atoms with van der Waals surface area (Å²) in [6.45, 7) is 2.84. The molecule has 0 aliphatic heterocycles. The Balaban J connectivity index is 1.95. The topological polar surface area (TPSA) is 57.2 Å². The maximum absolute atomic E-state index is 11.5. The highest BCUT2D eigenvalue weighted by Gasteiger charge is 2.18. The number of hydrogen-bond donors (Lipinski definition) is 1. The quantitative estimate of drug-likeness (QED) is 0.771. The SMILES string of the molecule is Cc1cccc(Cn2cc(C[C@H](N)C(=O)OCl)c3ccccc32)c1. The van der Waals surface area contributed by atoms with E-state index >= 15 is 0 Å². The number of hydrogen-bond acceptors (Lipinski definition) is 3. The molecule has 0 aliphatic rings. The van der Waals surface area contributed by atoms with Gasteiger partial charge in [0.1, 0.15) is 17.9 Å². The Bertz CT molecular complexity index is 873. The van der Waals surface area contributed by atoms with Crippen LogP contribution in [0.4, 0.5) is 0 Å². The summed E-state index contributed by atoms with van der Waals surface area (Å²) >= 11 is 5.12. The molecule has 1 heterocycles. The number of fused-ring (bicyclic) bond motifs is 1. The summed E-state index contributed by atoms with van der Waals surface area (Å²) < 4.78 is 6.39. The van der Waals surface area contributed by atoms with Crippen LogP contribution in [0.25, 0.3) is 10.9 Å². The largest absolute Gasteiger partial charge is 0.346 e. The van der Waals surface area contributed by atoms with Crippen LogP contribution in [0.2, 0.25) is 0 Å². The van der Waals surface area contributed by atoms with E-state index in [1.54, 1.807) is 0 Å². The molecule has 1 atom stereocenters. The van der Waals surface area contributed by atoms with Crippen molar-refractivity contribution in [1.29, 1.82) is 0 Å². The number of benzene rings is 2. The summed E-state index contributed by atoms with van der Waals surface area (Å²) in [5, 5.41) is 1.09. The second-order valence-corrected chi connectivity index (χ2v) is 6.15. The van der Waals surface area contributed by atoms with Crippen molar-refractivity contribution in [2.45, 2.75) is 25.9 Å². The second-order valence-electron chi connectivity index (χ2n) is 6.00. The summed E-state index contributed by atoms with van der Waals surface area (Å²) in [6.07, 6.45) is 2.43. The van der Waals surface area contributed by atoms with E-state index in [4.69, 9.17) is 17.6 Å². The molecular weight excluding hydrogens is 324 g/mol. The molecular formula is C19H19ClN2O2. The molecule has 0 aliphatic carbocycles. The third kappa shape index (κ3) is 3.45. The molecule has 0 fully saturated rings. The maximum Gasteiger partial charge on any atom is 0.341 e. The van der Waals surface area contributed by atoms with Gasteiger partial charge in [-0.05, 0) is 24.1 Å². The second kappa shape index (κ2) is 7.07. The fraction of sp³-hybridized carbons (Fsp3) is 0.211. The molecule has 0 saturated heterocycles. The van der Waals surface area contributed by atoms with Gasteiger partial charge < -0.3 is 14.6 Å². The molecule has 0 saturated carbocycles. The van der Waals surface area contributed by atoms with Crippen LogP contribution in [0, 0.1) is 6.92 Å². The van der Waals surface area contributed by atoms with E-state index in [2.05, 4.69) is 46.1 Å². The van der Waals surface area contributed by atoms with Crippen LogP contribution in [0.15, 0.2) is 54.7 Å². The van der Waals surface area contributed by atoms with Crippen molar-refractivity contribution in [2.75, 3.05) is 0 Å². The van der Waals surface area contributed by atoms with Crippen molar-refractivity contribution in [3.63, 3.8) is 0 Å². The number of nitrogens with zero attached hydrogens (tertiary/aromatic N) is 1. The Morgan fingerprint density at radius 1 is 1.25 bits per heavy atom. The van der Waals surface area contributed by atoms with E-state index < -0.39 is 12.0 Å². The summed E-state index contributed by atoms with van der Waals surface area (Å²) in [5.41, 5.74) is 10.4. The minimum atomic E-state index is -0.777. The van der Waals surface area contributed by atoms with Gasteiger partial charge in [0.2, 0.25) is 0 Å². The minimum absolute atomic E-state index is 0.382. The number of aromatic nitrogens is 1. The highest BCUT2D eigenvalue weighted by atomic mass is 35.5. The summed E-state index contributed by atoms with van der Waals surface area (Å²) in [6, 6.07) is 15.7. The molecule has 4 nitrogen and oxygen atoms in total. The molecule has 24 heavy (non-hydrogen) atoms. The first-order chi connectivity index (χ1) is 11.6. The monoisotopic (exact) mass is 342 g/mol. The fourth-order valence-electron chi connectivity index (χ4n) is 3.00. The van der Waals surface area contributed by atoms with Gasteiger partial charge in [-0.2, -0.15) is 0 Å². The van der Waals surface area contributed by atoms with E-state index in [9.17, 15) is 4.79 Å². The molecule has 3 rings (SSSR count). The molecule has 2 N–H and O–H groups in total. The molecule has 124 valence electrons. The molecule has 0 spiro atoms. The van der Waals surface area contributed by atoms with Gasteiger partial charge in [-0.1, -0.05) is 48.0 Å². The summed E-state index contributed by atoms with van der Waals surface area (Å²) in [5.74, 6) is -0.618. The standard InChI is InChI=1S/C19H19ClN2O2/c1-13-5-4-6-14(9-13)11-22-12-15(10-17(21)19(23)24-20)16-7-2-3-8-18(16)22/h2-9,12,17H,10-11,21H2,1H3/t17-/m0/s1. The predicted molar refractivity (Wildman–Crippen MR) is 95.8 cm³/mol. The predicted octanol–water partition coefficient (Wildman–Crippen LogP) is 3.56. The number of aryl methyl sites for hydroxylation is 1. The molecule has 3 aromatic rings. The number of halogens is 1. The van der Waals surface area contributed by atoms with Crippen LogP contribution in [-0.4, -0.2) is 16.6 Å². The lowest BCUT2D eigenvalue weighted by molar-refractivity contribution is -0.135. The molecule has 1 aromatic heterocycles. The van der Waals surface area contributed by atoms with E-state index in [0.29, 0.717) is 6.42 Å². The highest BCUT2D eigenvalue weighted by Crippen LogP contribution is 2.24. The Morgan fingerprint density at radius 2 is 2.04 bits per heavy atom. The normalized spacial score (nSPS) is 12.3. The van der Waals surface area contributed by atoms with Gasteiger partial charge in [0.05, 0.1) is 0 Å². The third-order valence-corrected chi connectivity index (χ3v) is 4.28. The Morgan fingerprint density at radius 3 is 2.79 bits per heavy atom. The van der Waals surface area contributed by atoms with Crippen LogP contribution in [0.5, 0.6) is 0 Å². The van der Waals surface area contributed by atoms with Crippen molar-refractivity contribution in [2.24, 2.45) is 5.73 Å². The molecule has 5 heteroatoms. The average molecular weight is 343 g/mol. The zero-order chi connectivity index (χ0) is 17.1. The van der Waals surface area contributed by atoms with Crippen LogP contribution in [0.3, 0.4) is 0 Å². The highest BCUT2D eigenvalue weighted by molar-refractivity contribution is 6.13. The zero-order valence-electron chi connectivity index (χ0n) is 13.4. The van der Waals surface area contributed by atoms with E-state index in [1.165, 1.54) is 11.1 Å². The van der Waals surface area contributed by atoms with Gasteiger partial charge in [0.15, 0.2) is 0 Å². The number of carbonyl (C=O) groups is 1. The van der Waals surface area contributed by atoms with Gasteiger partial charge in [-0.15, -0.1) is 0 Å². The number of carbonyl (C=O) groups excluding carboxylic acids is 1. The first-order valence-electron chi connectivity index (χ1n) is 7.79. The van der Waals surface area contributed by atoms with Gasteiger partial charge in [0.25, 0.3) is 0 Å². The van der Waals surface area contributed by atoms with Crippen LogP contribution in [-0.2, 0) is 22.0 Å². The van der Waals surface area contributed by atoms with E-state index in [-0.39, 0.29) is 0 Å². The molecule has 0 bridgehead atoms. The summed E-state index contributed by atoms with van der Waals surface area (Å²) in [7, 11) is 0. The molecule has 2 aromatic carbocycles. The van der Waals surface area contributed by atoms with E-state index in [1.807, 2.05) is 24.4 Å². The van der Waals surface area contributed by atoms with Gasteiger partial charge in [-0.25, -0.2) is 4.79 Å².